The maximum Gasteiger partial charge on any atom is 0.188 e. The van der Waals surface area contributed by atoms with Crippen molar-refractivity contribution in [1.29, 1.82) is 0 Å². The topological polar surface area (TPSA) is 51.4 Å². The van der Waals surface area contributed by atoms with Crippen molar-refractivity contribution in [3.63, 3.8) is 0 Å². The molecule has 1 radical (unpaired) electrons. The summed E-state index contributed by atoms with van der Waals surface area (Å²) in [6.45, 7) is 3.39. The van der Waals surface area contributed by atoms with E-state index < -0.39 is 11.9 Å². The molecule has 0 fully saturated rings. The van der Waals surface area contributed by atoms with Crippen LogP contribution < -0.4 is 5.32 Å². The fraction of sp³-hybridized carbons (Fsp3) is 0.0625. The molecule has 1 heterocycles. The van der Waals surface area contributed by atoms with Crippen LogP contribution in [-0.2, 0) is 4.79 Å². The summed E-state index contributed by atoms with van der Waals surface area (Å²) < 4.78 is 0. The van der Waals surface area contributed by atoms with Crippen LogP contribution in [0.3, 0.4) is 0 Å². The molecule has 0 aromatic heterocycles. The van der Waals surface area contributed by atoms with Gasteiger partial charge >= 0.3 is 0 Å². The maximum atomic E-state index is 11.5. The Bertz CT molecular complexity index is 676. The number of hydrogen-bond donors (Lipinski definition) is 1. The Kier molecular flexibility index (Phi) is 2.69. The number of ketones is 1. The van der Waals surface area contributed by atoms with Crippen molar-refractivity contribution in [2.24, 2.45) is 0 Å². The molecule has 19 heavy (non-hydrogen) atoms. The molecule has 1 aliphatic rings. The number of hydrogen-bond acceptors (Lipinski definition) is 2. The second-order valence-electron chi connectivity index (χ2n) is 4.41. The first-order valence-corrected chi connectivity index (χ1v) is 6.00. The molecular formula is C16H12NO2. The Morgan fingerprint density at radius 2 is 1.89 bits per heavy atom. The minimum atomic E-state index is -1.16. The number of rotatable bonds is 3. The Morgan fingerprint density at radius 3 is 2.68 bits per heavy atom. The SMILES string of the molecule is C=CC(=O)C(O)c1ccc2c(c1)-c1ccccc1[N]2. The van der Waals surface area contributed by atoms with Gasteiger partial charge in [0.05, 0.1) is 11.4 Å². The number of carbonyl (C=O) groups excluding carboxylic acids is 1. The zero-order chi connectivity index (χ0) is 13.4. The normalized spacial score (nSPS) is 13.1. The zero-order valence-electron chi connectivity index (χ0n) is 10.2. The number of aliphatic hydroxyl groups is 1. The quantitative estimate of drug-likeness (QED) is 0.726. The van der Waals surface area contributed by atoms with Gasteiger partial charge in [-0.3, -0.25) is 4.79 Å². The van der Waals surface area contributed by atoms with Gasteiger partial charge in [0, 0.05) is 11.1 Å². The maximum absolute atomic E-state index is 11.5. The van der Waals surface area contributed by atoms with Crippen LogP contribution in [0.1, 0.15) is 11.7 Å². The van der Waals surface area contributed by atoms with Gasteiger partial charge in [-0.05, 0) is 29.8 Å². The third kappa shape index (κ3) is 1.84. The number of carbonyl (C=O) groups is 1. The van der Waals surface area contributed by atoms with Crippen LogP contribution in [-0.4, -0.2) is 10.9 Å². The second-order valence-corrected chi connectivity index (χ2v) is 4.41. The molecule has 2 aromatic carbocycles. The highest BCUT2D eigenvalue weighted by molar-refractivity contribution is 5.95. The largest absolute Gasteiger partial charge is 0.380 e. The summed E-state index contributed by atoms with van der Waals surface area (Å²) in [4.78, 5) is 11.5. The molecule has 3 nitrogen and oxygen atoms in total. The molecule has 1 unspecified atom stereocenters. The minimum absolute atomic E-state index is 0.400. The van der Waals surface area contributed by atoms with E-state index in [0.29, 0.717) is 5.56 Å². The highest BCUT2D eigenvalue weighted by Gasteiger charge is 2.22. The van der Waals surface area contributed by atoms with Gasteiger partial charge in [-0.25, -0.2) is 5.32 Å². The molecule has 0 saturated heterocycles. The van der Waals surface area contributed by atoms with Gasteiger partial charge in [0.2, 0.25) is 0 Å². The lowest BCUT2D eigenvalue weighted by Gasteiger charge is -2.09. The molecule has 0 spiro atoms. The average Bonchev–Trinajstić information content (AvgIpc) is 2.83. The highest BCUT2D eigenvalue weighted by Crippen LogP contribution is 2.43. The Balaban J connectivity index is 2.07. The monoisotopic (exact) mass is 250 g/mol. The van der Waals surface area contributed by atoms with Gasteiger partial charge in [-0.1, -0.05) is 30.8 Å². The predicted octanol–water partition coefficient (Wildman–Crippen LogP) is 3.02. The summed E-state index contributed by atoms with van der Waals surface area (Å²) in [6.07, 6.45) is -0.0218. The summed E-state index contributed by atoms with van der Waals surface area (Å²) in [5, 5.41) is 14.4. The molecule has 0 aliphatic carbocycles. The third-order valence-electron chi connectivity index (χ3n) is 3.24. The van der Waals surface area contributed by atoms with E-state index in [2.05, 4.69) is 11.9 Å². The number of aliphatic hydroxyl groups excluding tert-OH is 1. The van der Waals surface area contributed by atoms with Crippen LogP contribution >= 0.6 is 0 Å². The van der Waals surface area contributed by atoms with E-state index in [4.69, 9.17) is 0 Å². The molecule has 0 bridgehead atoms. The minimum Gasteiger partial charge on any atom is -0.380 e. The van der Waals surface area contributed by atoms with Crippen LogP contribution in [0.15, 0.2) is 55.1 Å². The van der Waals surface area contributed by atoms with Crippen molar-refractivity contribution in [3.05, 3.63) is 60.7 Å². The fourth-order valence-corrected chi connectivity index (χ4v) is 2.24. The van der Waals surface area contributed by atoms with Crippen molar-refractivity contribution in [2.75, 3.05) is 0 Å². The lowest BCUT2D eigenvalue weighted by atomic mass is 9.99. The fourth-order valence-electron chi connectivity index (χ4n) is 2.24. The number of nitrogens with zero attached hydrogens (tertiary/aromatic N) is 1. The molecule has 1 N–H and O–H groups in total. The molecule has 3 rings (SSSR count). The standard InChI is InChI=1S/C16H12NO2/c1-2-15(18)16(19)10-7-8-14-12(9-10)11-5-3-4-6-13(11)17-14/h2-9,16,19H,1H2. The third-order valence-corrected chi connectivity index (χ3v) is 3.24. The molecule has 3 heteroatoms. The first-order valence-electron chi connectivity index (χ1n) is 6.00. The Morgan fingerprint density at radius 1 is 1.16 bits per heavy atom. The van der Waals surface area contributed by atoms with Gasteiger partial charge in [0.1, 0.15) is 6.10 Å². The van der Waals surface area contributed by atoms with E-state index in [1.54, 1.807) is 6.07 Å². The smallest absolute Gasteiger partial charge is 0.188 e. The summed E-state index contributed by atoms with van der Waals surface area (Å²) in [7, 11) is 0. The van der Waals surface area contributed by atoms with Gasteiger partial charge in [0.15, 0.2) is 5.78 Å². The molecule has 0 saturated carbocycles. The van der Waals surface area contributed by atoms with Crippen LogP contribution in [0.25, 0.3) is 11.1 Å². The van der Waals surface area contributed by atoms with E-state index in [1.807, 2.05) is 36.4 Å². The first kappa shape index (κ1) is 11.7. The van der Waals surface area contributed by atoms with E-state index in [1.165, 1.54) is 0 Å². The van der Waals surface area contributed by atoms with Crippen LogP contribution in [0.2, 0.25) is 0 Å². The van der Waals surface area contributed by atoms with Gasteiger partial charge < -0.3 is 5.11 Å². The molecule has 1 atom stereocenters. The van der Waals surface area contributed by atoms with Crippen molar-refractivity contribution in [3.8, 4) is 11.1 Å². The van der Waals surface area contributed by atoms with E-state index in [0.717, 1.165) is 28.6 Å². The van der Waals surface area contributed by atoms with Gasteiger partial charge in [-0.15, -0.1) is 0 Å². The first-order chi connectivity index (χ1) is 9.20. The van der Waals surface area contributed by atoms with Crippen molar-refractivity contribution < 1.29 is 9.90 Å². The number of para-hydroxylation sites is 1. The number of benzene rings is 2. The summed E-state index contributed by atoms with van der Waals surface area (Å²) in [5.74, 6) is -0.400. The van der Waals surface area contributed by atoms with Gasteiger partial charge in [-0.2, -0.15) is 0 Å². The predicted molar refractivity (Wildman–Crippen MR) is 73.5 cm³/mol. The molecule has 93 valence electrons. The average molecular weight is 250 g/mol. The van der Waals surface area contributed by atoms with Crippen LogP contribution in [0.5, 0.6) is 0 Å². The van der Waals surface area contributed by atoms with Crippen LogP contribution in [0.4, 0.5) is 11.4 Å². The Labute approximate surface area is 111 Å². The highest BCUT2D eigenvalue weighted by atomic mass is 16.3. The molecule has 2 aromatic rings. The lowest BCUT2D eigenvalue weighted by Crippen LogP contribution is -2.08. The summed E-state index contributed by atoms with van der Waals surface area (Å²) in [5.41, 5.74) is 4.32. The number of fused-ring (bicyclic) bond motifs is 3. The molecular weight excluding hydrogens is 238 g/mol. The van der Waals surface area contributed by atoms with E-state index in [9.17, 15) is 9.90 Å². The van der Waals surface area contributed by atoms with Crippen molar-refractivity contribution in [2.45, 2.75) is 6.10 Å². The summed E-state index contributed by atoms with van der Waals surface area (Å²) in [6, 6.07) is 13.2. The van der Waals surface area contributed by atoms with Crippen molar-refractivity contribution >= 4 is 17.2 Å². The Hall–Kier alpha value is -2.39. The van der Waals surface area contributed by atoms with Gasteiger partial charge in [0.25, 0.3) is 0 Å². The molecule has 0 amide bonds. The van der Waals surface area contributed by atoms with Crippen LogP contribution in [0, 0.1) is 0 Å². The lowest BCUT2D eigenvalue weighted by molar-refractivity contribution is -0.122. The molecule has 1 aliphatic heterocycles. The second kappa shape index (κ2) is 4.37. The van der Waals surface area contributed by atoms with E-state index in [-0.39, 0.29) is 0 Å². The van der Waals surface area contributed by atoms with Crippen molar-refractivity contribution in [1.82, 2.24) is 5.32 Å². The zero-order valence-corrected chi connectivity index (χ0v) is 10.2. The van der Waals surface area contributed by atoms with E-state index >= 15 is 0 Å². The summed E-state index contributed by atoms with van der Waals surface area (Å²) >= 11 is 0.